The number of methoxy groups -OCH3 is 2. The molecule has 1 atom stereocenters. The summed E-state index contributed by atoms with van der Waals surface area (Å²) < 4.78 is 15.3. The molecule has 0 unspecified atom stereocenters. The largest absolute Gasteiger partial charge is 0.496 e. The first-order chi connectivity index (χ1) is 16.0. The van der Waals surface area contributed by atoms with Gasteiger partial charge in [-0.15, -0.1) is 0 Å². The molecule has 8 nitrogen and oxygen atoms in total. The average molecular weight is 457 g/mol. The van der Waals surface area contributed by atoms with Crippen LogP contribution in [0.15, 0.2) is 54.6 Å². The van der Waals surface area contributed by atoms with Crippen LogP contribution < -0.4 is 15.4 Å². The molecule has 2 aromatic carbocycles. The van der Waals surface area contributed by atoms with Gasteiger partial charge < -0.3 is 24.8 Å². The van der Waals surface area contributed by atoms with E-state index in [4.69, 9.17) is 14.2 Å². The van der Waals surface area contributed by atoms with Crippen LogP contribution in [0.4, 0.5) is 4.79 Å². The van der Waals surface area contributed by atoms with Crippen LogP contribution >= 0.6 is 0 Å². The summed E-state index contributed by atoms with van der Waals surface area (Å²) in [5, 5.41) is 5.45. The highest BCUT2D eigenvalue weighted by molar-refractivity contribution is 5.84. The molecule has 0 aromatic heterocycles. The predicted molar refractivity (Wildman–Crippen MR) is 124 cm³/mol. The van der Waals surface area contributed by atoms with Crippen LogP contribution in [0.1, 0.15) is 36.8 Å². The first kappa shape index (κ1) is 25.7. The fourth-order valence-corrected chi connectivity index (χ4v) is 3.25. The molecule has 0 bridgehead atoms. The average Bonchev–Trinajstić information content (AvgIpc) is 2.84. The van der Waals surface area contributed by atoms with Crippen molar-refractivity contribution in [2.75, 3.05) is 20.8 Å². The van der Waals surface area contributed by atoms with Gasteiger partial charge in [-0.2, -0.15) is 0 Å². The van der Waals surface area contributed by atoms with Gasteiger partial charge in [0.15, 0.2) is 0 Å². The molecular formula is C25H32N2O6. The fraction of sp³-hybridized carbons (Fsp3) is 0.400. The van der Waals surface area contributed by atoms with Crippen LogP contribution in [-0.4, -0.2) is 44.8 Å². The van der Waals surface area contributed by atoms with Crippen molar-refractivity contribution in [2.45, 2.75) is 44.8 Å². The second kappa shape index (κ2) is 14.5. The molecular weight excluding hydrogens is 424 g/mol. The minimum absolute atomic E-state index is 0.225. The number of amides is 2. The van der Waals surface area contributed by atoms with Gasteiger partial charge in [0.1, 0.15) is 18.4 Å². The number of para-hydroxylation sites is 1. The Hall–Kier alpha value is -3.55. The molecule has 0 fully saturated rings. The van der Waals surface area contributed by atoms with Gasteiger partial charge in [-0.3, -0.25) is 4.79 Å². The maximum absolute atomic E-state index is 12.3. The summed E-state index contributed by atoms with van der Waals surface area (Å²) in [6.07, 6.45) is 2.19. The van der Waals surface area contributed by atoms with E-state index in [2.05, 4.69) is 10.6 Å². The highest BCUT2D eigenvalue weighted by atomic mass is 16.5. The highest BCUT2D eigenvalue weighted by Gasteiger charge is 2.23. The van der Waals surface area contributed by atoms with Crippen molar-refractivity contribution in [2.24, 2.45) is 0 Å². The van der Waals surface area contributed by atoms with Crippen LogP contribution in [0.5, 0.6) is 5.75 Å². The van der Waals surface area contributed by atoms with Crippen LogP contribution in [0.2, 0.25) is 0 Å². The summed E-state index contributed by atoms with van der Waals surface area (Å²) >= 11 is 0. The summed E-state index contributed by atoms with van der Waals surface area (Å²) in [5.74, 6) is -0.0848. The van der Waals surface area contributed by atoms with E-state index in [9.17, 15) is 14.4 Å². The fourth-order valence-electron chi connectivity index (χ4n) is 3.25. The summed E-state index contributed by atoms with van der Waals surface area (Å²) in [5.41, 5.74) is 1.73. The molecule has 0 aliphatic heterocycles. The quantitative estimate of drug-likeness (QED) is 0.354. The summed E-state index contributed by atoms with van der Waals surface area (Å²) in [7, 11) is 2.85. The Balaban J connectivity index is 1.65. The number of alkyl carbamates (subject to hydrolysis) is 1. The lowest BCUT2D eigenvalue weighted by Gasteiger charge is -2.18. The number of hydrogen-bond donors (Lipinski definition) is 2. The maximum Gasteiger partial charge on any atom is 0.407 e. The Labute approximate surface area is 194 Å². The van der Waals surface area contributed by atoms with E-state index in [1.54, 1.807) is 13.2 Å². The molecule has 0 heterocycles. The molecule has 0 radical (unpaired) electrons. The molecule has 33 heavy (non-hydrogen) atoms. The number of carbonyl (C=O) groups is 3. The molecule has 2 aromatic rings. The van der Waals surface area contributed by atoms with Crippen LogP contribution in [0.3, 0.4) is 0 Å². The zero-order chi connectivity index (χ0) is 23.9. The normalized spacial score (nSPS) is 11.2. The summed E-state index contributed by atoms with van der Waals surface area (Å²) in [4.78, 5) is 36.2. The van der Waals surface area contributed by atoms with E-state index in [0.717, 1.165) is 24.0 Å². The lowest BCUT2D eigenvalue weighted by atomic mass is 10.0. The maximum atomic E-state index is 12.3. The minimum Gasteiger partial charge on any atom is -0.496 e. The van der Waals surface area contributed by atoms with Gasteiger partial charge in [-0.1, -0.05) is 55.0 Å². The molecule has 2 rings (SSSR count). The number of ether oxygens (including phenoxy) is 3. The molecule has 0 aliphatic carbocycles. The Morgan fingerprint density at radius 2 is 1.64 bits per heavy atom. The van der Waals surface area contributed by atoms with Crippen molar-refractivity contribution < 1.29 is 28.6 Å². The second-order valence-corrected chi connectivity index (χ2v) is 7.46. The van der Waals surface area contributed by atoms with Crippen LogP contribution in [-0.2, 0) is 32.1 Å². The Bertz CT molecular complexity index is 887. The van der Waals surface area contributed by atoms with Crippen molar-refractivity contribution in [1.82, 2.24) is 10.6 Å². The van der Waals surface area contributed by atoms with Crippen molar-refractivity contribution in [3.63, 3.8) is 0 Å². The van der Waals surface area contributed by atoms with E-state index >= 15 is 0 Å². The van der Waals surface area contributed by atoms with E-state index < -0.39 is 18.1 Å². The second-order valence-electron chi connectivity index (χ2n) is 7.46. The van der Waals surface area contributed by atoms with Gasteiger partial charge in [-0.25, -0.2) is 9.59 Å². The van der Waals surface area contributed by atoms with Crippen molar-refractivity contribution >= 4 is 18.0 Å². The smallest absolute Gasteiger partial charge is 0.407 e. The third kappa shape index (κ3) is 9.64. The molecule has 2 N–H and O–H groups in total. The van der Waals surface area contributed by atoms with Crippen molar-refractivity contribution in [1.29, 1.82) is 0 Å². The Kier molecular flexibility index (Phi) is 11.3. The first-order valence-corrected chi connectivity index (χ1v) is 11.0. The van der Waals surface area contributed by atoms with E-state index in [1.165, 1.54) is 7.11 Å². The number of hydrogen-bond acceptors (Lipinski definition) is 6. The minimum atomic E-state index is -0.792. The summed E-state index contributed by atoms with van der Waals surface area (Å²) in [6.45, 7) is 0.691. The lowest BCUT2D eigenvalue weighted by molar-refractivity contribution is -0.145. The molecule has 178 valence electrons. The van der Waals surface area contributed by atoms with Crippen molar-refractivity contribution in [3.8, 4) is 5.75 Å². The van der Waals surface area contributed by atoms with Gasteiger partial charge in [-0.05, 0) is 30.0 Å². The molecule has 0 spiro atoms. The van der Waals surface area contributed by atoms with Gasteiger partial charge in [0.2, 0.25) is 5.91 Å². The number of benzene rings is 2. The van der Waals surface area contributed by atoms with E-state index in [1.807, 2.05) is 48.5 Å². The van der Waals surface area contributed by atoms with Crippen LogP contribution in [0.25, 0.3) is 0 Å². The van der Waals surface area contributed by atoms with Crippen molar-refractivity contribution in [3.05, 3.63) is 65.7 Å². The third-order valence-corrected chi connectivity index (χ3v) is 5.00. The SMILES string of the molecule is COC(=O)[C@@H](Cc1ccccc1OC)NC(=O)CCCCCNC(=O)OCc1ccccc1. The molecule has 2 amide bonds. The lowest BCUT2D eigenvalue weighted by Crippen LogP contribution is -2.43. The molecule has 0 aliphatic rings. The van der Waals surface area contributed by atoms with Gasteiger partial charge in [0.25, 0.3) is 0 Å². The predicted octanol–water partition coefficient (Wildman–Crippen LogP) is 3.38. The highest BCUT2D eigenvalue weighted by Crippen LogP contribution is 2.19. The third-order valence-electron chi connectivity index (χ3n) is 5.00. The standard InChI is InChI=1S/C25H32N2O6/c1-31-22-14-9-8-13-20(22)17-21(24(29)32-2)27-23(28)15-7-4-10-16-26-25(30)33-18-19-11-5-3-6-12-19/h3,5-6,8-9,11-14,21H,4,7,10,15-18H2,1-2H3,(H,26,30)(H,27,28)/t21-/m1/s1. The number of unbranched alkanes of at least 4 members (excludes halogenated alkanes) is 2. The van der Waals surface area contributed by atoms with Gasteiger partial charge >= 0.3 is 12.1 Å². The number of esters is 1. The molecule has 0 saturated heterocycles. The van der Waals surface area contributed by atoms with E-state index in [-0.39, 0.29) is 25.4 Å². The number of rotatable bonds is 13. The molecule has 8 heteroatoms. The van der Waals surface area contributed by atoms with Gasteiger partial charge in [0.05, 0.1) is 14.2 Å². The van der Waals surface area contributed by atoms with E-state index in [0.29, 0.717) is 18.7 Å². The molecule has 0 saturated carbocycles. The monoisotopic (exact) mass is 456 g/mol. The number of nitrogens with one attached hydrogen (secondary N) is 2. The summed E-state index contributed by atoms with van der Waals surface area (Å²) in [6, 6.07) is 16.0. The first-order valence-electron chi connectivity index (χ1n) is 11.0. The zero-order valence-electron chi connectivity index (χ0n) is 19.2. The zero-order valence-corrected chi connectivity index (χ0v) is 19.2. The topological polar surface area (TPSA) is 103 Å². The number of carbonyl (C=O) groups excluding carboxylic acids is 3. The Morgan fingerprint density at radius 1 is 0.909 bits per heavy atom. The van der Waals surface area contributed by atoms with Gasteiger partial charge in [0, 0.05) is 19.4 Å². The van der Waals surface area contributed by atoms with Crippen LogP contribution in [0, 0.1) is 0 Å². The Morgan fingerprint density at radius 3 is 2.36 bits per heavy atom.